The van der Waals surface area contributed by atoms with E-state index in [2.05, 4.69) is 15.2 Å². The molecule has 0 radical (unpaired) electrons. The number of nitrogens with zero attached hydrogens (tertiary/aromatic N) is 5. The maximum atomic E-state index is 13.1. The van der Waals surface area contributed by atoms with Crippen molar-refractivity contribution in [1.29, 1.82) is 0 Å². The topological polar surface area (TPSA) is 112 Å². The van der Waals surface area contributed by atoms with Crippen LogP contribution in [-0.4, -0.2) is 76.4 Å². The summed E-state index contributed by atoms with van der Waals surface area (Å²) in [5.74, 6) is 1.36. The maximum absolute atomic E-state index is 13.1. The summed E-state index contributed by atoms with van der Waals surface area (Å²) in [5, 5.41) is 9.05. The maximum Gasteiger partial charge on any atom is 0.410 e. The molecule has 3 heterocycles. The molecule has 11 nitrogen and oxygen atoms in total. The fourth-order valence-corrected chi connectivity index (χ4v) is 4.75. The summed E-state index contributed by atoms with van der Waals surface area (Å²) in [6.45, 7) is 10.2. The lowest BCUT2D eigenvalue weighted by atomic mass is 10.1. The van der Waals surface area contributed by atoms with Crippen LogP contribution < -0.4 is 14.9 Å². The molecule has 2 aromatic heterocycles. The minimum atomic E-state index is -0.492. The van der Waals surface area contributed by atoms with E-state index in [-0.39, 0.29) is 11.5 Å². The molecule has 42 heavy (non-hydrogen) atoms. The summed E-state index contributed by atoms with van der Waals surface area (Å²) in [6, 6.07) is 12.6. The van der Waals surface area contributed by atoms with Crippen molar-refractivity contribution < 1.29 is 23.4 Å². The van der Waals surface area contributed by atoms with E-state index in [4.69, 9.17) is 18.6 Å². The molecule has 2 aromatic carbocycles. The number of fused-ring (bicyclic) bond motifs is 1. The fourth-order valence-electron chi connectivity index (χ4n) is 4.75. The number of carbonyl (C=O) groups is 1. The van der Waals surface area contributed by atoms with Crippen molar-refractivity contribution >= 4 is 17.1 Å². The Balaban J connectivity index is 1.08. The first-order chi connectivity index (χ1) is 20.2. The van der Waals surface area contributed by atoms with E-state index < -0.39 is 5.60 Å². The first kappa shape index (κ1) is 29.1. The molecule has 1 amide bonds. The van der Waals surface area contributed by atoms with Crippen LogP contribution in [0.1, 0.15) is 32.9 Å². The van der Waals surface area contributed by atoms with Crippen LogP contribution in [0.15, 0.2) is 64.1 Å². The molecule has 5 rings (SSSR count). The van der Waals surface area contributed by atoms with Crippen LogP contribution in [0.25, 0.3) is 22.1 Å². The van der Waals surface area contributed by atoms with Crippen molar-refractivity contribution in [3.63, 3.8) is 0 Å². The van der Waals surface area contributed by atoms with Crippen molar-refractivity contribution in [2.75, 3.05) is 39.9 Å². The summed E-state index contributed by atoms with van der Waals surface area (Å²) >= 11 is 0. The van der Waals surface area contributed by atoms with Crippen LogP contribution in [0, 0.1) is 0 Å². The average molecular weight is 576 g/mol. The smallest absolute Gasteiger partial charge is 0.410 e. The number of ether oxygens (including phenoxy) is 3. The van der Waals surface area contributed by atoms with E-state index in [9.17, 15) is 9.59 Å². The van der Waals surface area contributed by atoms with Gasteiger partial charge in [-0.15, -0.1) is 5.10 Å². The normalized spacial score (nSPS) is 14.2. The number of methoxy groups -OCH3 is 1. The van der Waals surface area contributed by atoms with Gasteiger partial charge in [0, 0.05) is 58.0 Å². The zero-order valence-corrected chi connectivity index (χ0v) is 24.5. The Morgan fingerprint density at radius 3 is 2.48 bits per heavy atom. The number of hydrogen-bond acceptors (Lipinski definition) is 9. The summed E-state index contributed by atoms with van der Waals surface area (Å²) in [4.78, 5) is 29.3. The van der Waals surface area contributed by atoms with E-state index in [1.54, 1.807) is 30.2 Å². The standard InChI is InChI=1S/C31H37N5O6/c1-31(2,3)42-30(38)35-15-13-34(14-16-35)19-23-20-36(33-32-23)12-5-17-40-25-10-11-26-28(18-25)41-21-27(29(26)37)22-6-8-24(39-4)9-7-22/h6-11,18,20-21H,5,12-17,19H2,1-4H3. The van der Waals surface area contributed by atoms with Crippen molar-refractivity contribution in [3.05, 3.63) is 70.8 Å². The van der Waals surface area contributed by atoms with Crippen molar-refractivity contribution in [3.8, 4) is 22.6 Å². The summed E-state index contributed by atoms with van der Waals surface area (Å²) in [5.41, 5.74) is 2.04. The van der Waals surface area contributed by atoms with Gasteiger partial charge in [-0.25, -0.2) is 4.79 Å². The summed E-state index contributed by atoms with van der Waals surface area (Å²) in [6.07, 6.45) is 3.91. The van der Waals surface area contributed by atoms with Gasteiger partial charge in [-0.3, -0.25) is 14.4 Å². The molecule has 0 bridgehead atoms. The Bertz CT molecular complexity index is 1570. The highest BCUT2D eigenvalue weighted by molar-refractivity contribution is 5.82. The van der Waals surface area contributed by atoms with Gasteiger partial charge in [0.15, 0.2) is 5.43 Å². The highest BCUT2D eigenvalue weighted by atomic mass is 16.6. The molecule has 0 atom stereocenters. The SMILES string of the molecule is COc1ccc(-c2coc3cc(OCCCn4cc(CN5CCN(C(=O)OC(C)(C)C)CC5)nn4)ccc3c2=O)cc1. The van der Waals surface area contributed by atoms with Gasteiger partial charge in [0.25, 0.3) is 0 Å². The molecule has 1 saturated heterocycles. The molecule has 0 unspecified atom stereocenters. The van der Waals surface area contributed by atoms with Gasteiger partial charge in [-0.05, 0) is 50.6 Å². The fraction of sp³-hybridized carbons (Fsp3) is 0.419. The van der Waals surface area contributed by atoms with E-state index in [1.165, 1.54) is 6.26 Å². The minimum absolute atomic E-state index is 0.0973. The molecule has 0 aliphatic carbocycles. The number of carbonyl (C=O) groups excluding carboxylic acids is 1. The number of benzene rings is 2. The Hall–Kier alpha value is -4.38. The lowest BCUT2D eigenvalue weighted by Gasteiger charge is -2.35. The number of piperazine rings is 1. The second-order valence-electron chi connectivity index (χ2n) is 11.3. The molecular weight excluding hydrogens is 538 g/mol. The van der Waals surface area contributed by atoms with E-state index in [0.29, 0.717) is 55.1 Å². The van der Waals surface area contributed by atoms with Crippen LogP contribution in [0.5, 0.6) is 11.5 Å². The molecule has 4 aromatic rings. The third-order valence-corrected chi connectivity index (χ3v) is 6.94. The number of aromatic nitrogens is 3. The van der Waals surface area contributed by atoms with Crippen molar-refractivity contribution in [1.82, 2.24) is 24.8 Å². The van der Waals surface area contributed by atoms with Crippen LogP contribution >= 0.6 is 0 Å². The molecule has 222 valence electrons. The molecule has 0 N–H and O–H groups in total. The largest absolute Gasteiger partial charge is 0.497 e. The van der Waals surface area contributed by atoms with Gasteiger partial charge in [0.1, 0.15) is 28.9 Å². The predicted octanol–water partition coefficient (Wildman–Crippen LogP) is 4.58. The van der Waals surface area contributed by atoms with Crippen LogP contribution in [0.2, 0.25) is 0 Å². The molecule has 1 aliphatic rings. The second kappa shape index (κ2) is 12.6. The Kier molecular flexibility index (Phi) is 8.77. The van der Waals surface area contributed by atoms with Crippen molar-refractivity contribution in [2.45, 2.75) is 45.9 Å². The number of amides is 1. The Morgan fingerprint density at radius 1 is 1.02 bits per heavy atom. The number of rotatable bonds is 9. The van der Waals surface area contributed by atoms with Gasteiger partial charge < -0.3 is 23.5 Å². The highest BCUT2D eigenvalue weighted by Crippen LogP contribution is 2.25. The van der Waals surface area contributed by atoms with E-state index in [1.807, 2.05) is 55.9 Å². The third kappa shape index (κ3) is 7.27. The van der Waals surface area contributed by atoms with Gasteiger partial charge in [-0.1, -0.05) is 17.3 Å². The van der Waals surface area contributed by atoms with E-state index >= 15 is 0 Å². The van der Waals surface area contributed by atoms with Gasteiger partial charge in [-0.2, -0.15) is 0 Å². The van der Waals surface area contributed by atoms with Crippen LogP contribution in [-0.2, 0) is 17.8 Å². The first-order valence-electron chi connectivity index (χ1n) is 14.1. The summed E-state index contributed by atoms with van der Waals surface area (Å²) in [7, 11) is 1.60. The monoisotopic (exact) mass is 575 g/mol. The van der Waals surface area contributed by atoms with Crippen LogP contribution in [0.4, 0.5) is 4.79 Å². The van der Waals surface area contributed by atoms with Gasteiger partial charge in [0.05, 0.1) is 30.4 Å². The van der Waals surface area contributed by atoms with Gasteiger partial charge >= 0.3 is 6.09 Å². The van der Waals surface area contributed by atoms with Gasteiger partial charge in [0.2, 0.25) is 0 Å². The molecule has 1 fully saturated rings. The minimum Gasteiger partial charge on any atom is -0.497 e. The molecular formula is C31H37N5O6. The van der Waals surface area contributed by atoms with Crippen molar-refractivity contribution in [2.24, 2.45) is 0 Å². The molecule has 0 spiro atoms. The molecule has 1 aliphatic heterocycles. The second-order valence-corrected chi connectivity index (χ2v) is 11.3. The Morgan fingerprint density at radius 2 is 1.76 bits per heavy atom. The molecule has 11 heteroatoms. The van der Waals surface area contributed by atoms with Crippen LogP contribution in [0.3, 0.4) is 0 Å². The quantitative estimate of drug-likeness (QED) is 0.265. The lowest BCUT2D eigenvalue weighted by Crippen LogP contribution is -2.49. The zero-order chi connectivity index (χ0) is 29.7. The first-order valence-corrected chi connectivity index (χ1v) is 14.1. The number of aryl methyl sites for hydroxylation is 1. The number of hydrogen-bond donors (Lipinski definition) is 0. The molecule has 0 saturated carbocycles. The van der Waals surface area contributed by atoms with E-state index in [0.717, 1.165) is 36.5 Å². The average Bonchev–Trinajstić information content (AvgIpc) is 3.42. The predicted molar refractivity (Wildman–Crippen MR) is 158 cm³/mol. The zero-order valence-electron chi connectivity index (χ0n) is 24.5. The Labute approximate surface area is 244 Å². The third-order valence-electron chi connectivity index (χ3n) is 6.94. The lowest BCUT2D eigenvalue weighted by molar-refractivity contribution is 0.0138. The highest BCUT2D eigenvalue weighted by Gasteiger charge is 2.26. The summed E-state index contributed by atoms with van der Waals surface area (Å²) < 4.78 is 24.2.